The first kappa shape index (κ1) is 15.7. The van der Waals surface area contributed by atoms with Crippen molar-refractivity contribution in [3.63, 3.8) is 0 Å². The minimum atomic E-state index is -3.03. The summed E-state index contributed by atoms with van der Waals surface area (Å²) in [6.07, 6.45) is 1.44. The Labute approximate surface area is 135 Å². The van der Waals surface area contributed by atoms with Crippen molar-refractivity contribution in [1.29, 1.82) is 0 Å². The molecule has 24 heavy (non-hydrogen) atoms. The molecular formula is C17H12F2N2O3. The van der Waals surface area contributed by atoms with E-state index in [-0.39, 0.29) is 17.0 Å². The molecule has 3 rings (SSSR count). The van der Waals surface area contributed by atoms with Crippen LogP contribution < -0.4 is 10.1 Å². The van der Waals surface area contributed by atoms with E-state index in [4.69, 9.17) is 0 Å². The van der Waals surface area contributed by atoms with E-state index in [1.807, 2.05) is 0 Å². The molecule has 0 fully saturated rings. The number of carbonyl (C=O) groups is 2. The minimum Gasteiger partial charge on any atom is -0.433 e. The maximum atomic E-state index is 12.4. The topological polar surface area (TPSA) is 71.2 Å². The summed E-state index contributed by atoms with van der Waals surface area (Å²) in [5, 5.41) is 2.91. The normalized spacial score (nSPS) is 10.8. The van der Waals surface area contributed by atoms with E-state index in [0.717, 1.165) is 5.52 Å². The molecular weight excluding hydrogens is 318 g/mol. The first-order valence-electron chi connectivity index (χ1n) is 7.02. The molecule has 0 saturated carbocycles. The number of alkyl halides is 2. The van der Waals surface area contributed by atoms with E-state index in [1.165, 1.54) is 30.5 Å². The first-order chi connectivity index (χ1) is 11.6. The Hall–Kier alpha value is -3.22. The van der Waals surface area contributed by atoms with Crippen LogP contribution in [-0.4, -0.2) is 23.3 Å². The molecule has 1 aromatic heterocycles. The summed E-state index contributed by atoms with van der Waals surface area (Å²) in [6.45, 7) is -3.03. The average Bonchev–Trinajstić information content (AvgIpc) is 2.99. The summed E-state index contributed by atoms with van der Waals surface area (Å²) in [4.78, 5) is 27.4. The lowest BCUT2D eigenvalue weighted by Gasteiger charge is -2.11. The SMILES string of the molecule is O=C(Nc1ccccc1OC(F)F)C(=O)c1c[nH]c2ccccc12. The molecule has 0 aliphatic heterocycles. The summed E-state index contributed by atoms with van der Waals surface area (Å²) in [5.41, 5.74) is 0.918. The lowest BCUT2D eigenvalue weighted by Crippen LogP contribution is -2.23. The number of ether oxygens (including phenoxy) is 1. The number of rotatable bonds is 5. The number of ketones is 1. The predicted molar refractivity (Wildman–Crippen MR) is 84.3 cm³/mol. The molecule has 0 spiro atoms. The summed E-state index contributed by atoms with van der Waals surface area (Å²) in [6, 6.07) is 12.7. The van der Waals surface area contributed by atoms with Gasteiger partial charge in [-0.05, 0) is 18.2 Å². The Morgan fingerprint density at radius 1 is 1.04 bits per heavy atom. The van der Waals surface area contributed by atoms with Crippen molar-refractivity contribution in [1.82, 2.24) is 4.98 Å². The summed E-state index contributed by atoms with van der Waals surface area (Å²) in [7, 11) is 0. The zero-order valence-electron chi connectivity index (χ0n) is 12.3. The zero-order chi connectivity index (χ0) is 17.1. The number of H-pyrrole nitrogens is 1. The first-order valence-corrected chi connectivity index (χ1v) is 7.02. The van der Waals surface area contributed by atoms with Gasteiger partial charge in [0.15, 0.2) is 0 Å². The van der Waals surface area contributed by atoms with Gasteiger partial charge in [0.1, 0.15) is 5.75 Å². The third-order valence-corrected chi connectivity index (χ3v) is 3.39. The summed E-state index contributed by atoms with van der Waals surface area (Å²) >= 11 is 0. The van der Waals surface area contributed by atoms with Crippen molar-refractivity contribution in [3.8, 4) is 5.75 Å². The van der Waals surface area contributed by atoms with E-state index in [0.29, 0.717) is 5.39 Å². The molecule has 0 bridgehead atoms. The van der Waals surface area contributed by atoms with Crippen molar-refractivity contribution in [3.05, 3.63) is 60.3 Å². The molecule has 122 valence electrons. The van der Waals surface area contributed by atoms with Crippen molar-refractivity contribution in [2.24, 2.45) is 0 Å². The number of aromatic amines is 1. The lowest BCUT2D eigenvalue weighted by atomic mass is 10.1. The number of para-hydroxylation sites is 3. The van der Waals surface area contributed by atoms with Crippen molar-refractivity contribution < 1.29 is 23.1 Å². The second-order valence-electron chi connectivity index (χ2n) is 4.91. The van der Waals surface area contributed by atoms with Gasteiger partial charge in [0.05, 0.1) is 11.3 Å². The van der Waals surface area contributed by atoms with Gasteiger partial charge in [-0.1, -0.05) is 30.3 Å². The van der Waals surface area contributed by atoms with Crippen LogP contribution in [0.2, 0.25) is 0 Å². The molecule has 1 amide bonds. The molecule has 3 aromatic rings. The van der Waals surface area contributed by atoms with Crippen LogP contribution in [0.25, 0.3) is 10.9 Å². The van der Waals surface area contributed by atoms with Gasteiger partial charge >= 0.3 is 6.61 Å². The van der Waals surface area contributed by atoms with Crippen LogP contribution in [-0.2, 0) is 4.79 Å². The molecule has 0 aliphatic carbocycles. The maximum absolute atomic E-state index is 12.4. The van der Waals surface area contributed by atoms with Gasteiger partial charge in [0.2, 0.25) is 0 Å². The molecule has 5 nitrogen and oxygen atoms in total. The fourth-order valence-electron chi connectivity index (χ4n) is 2.33. The van der Waals surface area contributed by atoms with Crippen LogP contribution in [0.5, 0.6) is 5.75 Å². The van der Waals surface area contributed by atoms with Crippen LogP contribution in [0.4, 0.5) is 14.5 Å². The number of benzene rings is 2. The highest BCUT2D eigenvalue weighted by Crippen LogP contribution is 2.26. The zero-order valence-corrected chi connectivity index (χ0v) is 12.3. The molecule has 2 aromatic carbocycles. The smallest absolute Gasteiger partial charge is 0.387 e. The monoisotopic (exact) mass is 330 g/mol. The Bertz CT molecular complexity index is 905. The molecule has 0 radical (unpaired) electrons. The second kappa shape index (κ2) is 6.49. The standard InChI is InChI=1S/C17H12F2N2O3/c18-17(19)24-14-8-4-3-7-13(14)21-16(23)15(22)11-9-20-12-6-2-1-5-10(11)12/h1-9,17,20H,(H,21,23). The lowest BCUT2D eigenvalue weighted by molar-refractivity contribution is -0.112. The second-order valence-corrected chi connectivity index (χ2v) is 4.91. The van der Waals surface area contributed by atoms with Crippen LogP contribution >= 0.6 is 0 Å². The minimum absolute atomic E-state index is 0.00371. The van der Waals surface area contributed by atoms with E-state index in [2.05, 4.69) is 15.0 Å². The van der Waals surface area contributed by atoms with Gasteiger partial charge in [0, 0.05) is 17.1 Å². The van der Waals surface area contributed by atoms with E-state index < -0.39 is 18.3 Å². The fraction of sp³-hybridized carbons (Fsp3) is 0.0588. The fourth-order valence-corrected chi connectivity index (χ4v) is 2.33. The van der Waals surface area contributed by atoms with Gasteiger partial charge in [-0.2, -0.15) is 8.78 Å². The molecule has 7 heteroatoms. The predicted octanol–water partition coefficient (Wildman–Crippen LogP) is 3.59. The van der Waals surface area contributed by atoms with Gasteiger partial charge < -0.3 is 15.0 Å². The molecule has 1 heterocycles. The number of fused-ring (bicyclic) bond motifs is 1. The number of aromatic nitrogens is 1. The van der Waals surface area contributed by atoms with Gasteiger partial charge in [-0.15, -0.1) is 0 Å². The van der Waals surface area contributed by atoms with E-state index in [1.54, 1.807) is 24.3 Å². The number of nitrogens with one attached hydrogen (secondary N) is 2. The van der Waals surface area contributed by atoms with Crippen molar-refractivity contribution in [2.75, 3.05) is 5.32 Å². The van der Waals surface area contributed by atoms with Crippen molar-refractivity contribution >= 4 is 28.3 Å². The largest absolute Gasteiger partial charge is 0.433 e. The Kier molecular flexibility index (Phi) is 4.24. The van der Waals surface area contributed by atoms with Gasteiger partial charge in [-0.3, -0.25) is 9.59 Å². The Morgan fingerprint density at radius 2 is 1.75 bits per heavy atom. The molecule has 0 unspecified atom stereocenters. The molecule has 0 saturated heterocycles. The van der Waals surface area contributed by atoms with Crippen LogP contribution in [0.1, 0.15) is 10.4 Å². The number of anilines is 1. The van der Waals surface area contributed by atoms with Gasteiger partial charge in [0.25, 0.3) is 11.7 Å². The van der Waals surface area contributed by atoms with E-state index >= 15 is 0 Å². The van der Waals surface area contributed by atoms with Crippen LogP contribution in [0.15, 0.2) is 54.7 Å². The highest BCUT2D eigenvalue weighted by Gasteiger charge is 2.21. The Morgan fingerprint density at radius 3 is 2.54 bits per heavy atom. The number of carbonyl (C=O) groups excluding carboxylic acids is 2. The molecule has 2 N–H and O–H groups in total. The molecule has 0 aliphatic rings. The van der Waals surface area contributed by atoms with Crippen LogP contribution in [0.3, 0.4) is 0 Å². The molecule has 0 atom stereocenters. The number of hydrogen-bond acceptors (Lipinski definition) is 3. The number of amides is 1. The highest BCUT2D eigenvalue weighted by atomic mass is 19.3. The third kappa shape index (κ3) is 3.10. The summed E-state index contributed by atoms with van der Waals surface area (Å²) in [5.74, 6) is -1.93. The highest BCUT2D eigenvalue weighted by molar-refractivity contribution is 6.48. The Balaban J connectivity index is 1.84. The van der Waals surface area contributed by atoms with Crippen LogP contribution in [0, 0.1) is 0 Å². The maximum Gasteiger partial charge on any atom is 0.387 e. The number of hydrogen-bond donors (Lipinski definition) is 2. The van der Waals surface area contributed by atoms with Crippen molar-refractivity contribution in [2.45, 2.75) is 6.61 Å². The number of halogens is 2. The quantitative estimate of drug-likeness (QED) is 0.555. The number of Topliss-reactive ketones (excluding diaryl/α,β-unsaturated/α-hetero) is 1. The van der Waals surface area contributed by atoms with E-state index in [9.17, 15) is 18.4 Å². The third-order valence-electron chi connectivity index (χ3n) is 3.39. The average molecular weight is 330 g/mol. The summed E-state index contributed by atoms with van der Waals surface area (Å²) < 4.78 is 29.1. The van der Waals surface area contributed by atoms with Gasteiger partial charge in [-0.25, -0.2) is 0 Å².